The van der Waals surface area contributed by atoms with E-state index in [9.17, 15) is 0 Å². The van der Waals surface area contributed by atoms with Crippen LogP contribution >= 0.6 is 11.9 Å². The van der Waals surface area contributed by atoms with Crippen LogP contribution in [0.3, 0.4) is 0 Å². The standard InChI is InChI=1S/C19H29N5S/c1-14-8-10-24(11-14)25-12-15-3-5-16(6-4-15)23(2)19-17-7-9-20-18(17)21-13-22-19/h7,9,13-16H,3-6,8,10-12H2,1-2H3,(H,20,21,22)/t14-,15?,16?/m0/s1. The highest BCUT2D eigenvalue weighted by molar-refractivity contribution is 7.97. The third-order valence-electron chi connectivity index (χ3n) is 5.91. The van der Waals surface area contributed by atoms with Crippen molar-refractivity contribution in [3.8, 4) is 0 Å². The Morgan fingerprint density at radius 3 is 2.84 bits per heavy atom. The number of hydrogen-bond acceptors (Lipinski definition) is 5. The van der Waals surface area contributed by atoms with Crippen LogP contribution in [0.25, 0.3) is 11.0 Å². The second-order valence-electron chi connectivity index (χ2n) is 7.80. The third kappa shape index (κ3) is 3.80. The van der Waals surface area contributed by atoms with Gasteiger partial charge in [0.05, 0.1) is 5.39 Å². The van der Waals surface area contributed by atoms with Gasteiger partial charge in [-0.3, -0.25) is 4.31 Å². The van der Waals surface area contributed by atoms with E-state index in [0.717, 1.165) is 28.7 Å². The molecule has 1 aliphatic heterocycles. The van der Waals surface area contributed by atoms with Crippen molar-refractivity contribution in [3.63, 3.8) is 0 Å². The summed E-state index contributed by atoms with van der Waals surface area (Å²) in [5, 5.41) is 1.13. The van der Waals surface area contributed by atoms with E-state index in [1.165, 1.54) is 50.9 Å². The lowest BCUT2D eigenvalue weighted by molar-refractivity contribution is 0.343. The van der Waals surface area contributed by atoms with Crippen LogP contribution in [0, 0.1) is 11.8 Å². The number of hydrogen-bond donors (Lipinski definition) is 1. The highest BCUT2D eigenvalue weighted by Gasteiger charge is 2.27. The van der Waals surface area contributed by atoms with Crippen molar-refractivity contribution in [2.75, 3.05) is 30.8 Å². The average molecular weight is 360 g/mol. The molecule has 0 aromatic carbocycles. The number of aromatic nitrogens is 3. The fourth-order valence-electron chi connectivity index (χ4n) is 4.23. The Bertz CT molecular complexity index is 694. The summed E-state index contributed by atoms with van der Waals surface area (Å²) in [5.74, 6) is 4.13. The van der Waals surface area contributed by atoms with Crippen LogP contribution in [0.1, 0.15) is 39.0 Å². The predicted molar refractivity (Wildman–Crippen MR) is 106 cm³/mol. The fourth-order valence-corrected chi connectivity index (χ4v) is 5.58. The van der Waals surface area contributed by atoms with Gasteiger partial charge in [-0.05, 0) is 50.0 Å². The molecule has 6 heteroatoms. The van der Waals surface area contributed by atoms with Gasteiger partial charge in [-0.25, -0.2) is 9.97 Å². The van der Waals surface area contributed by atoms with Crippen molar-refractivity contribution in [1.29, 1.82) is 0 Å². The number of aromatic amines is 1. The van der Waals surface area contributed by atoms with Gasteiger partial charge in [0.2, 0.25) is 0 Å². The van der Waals surface area contributed by atoms with E-state index in [4.69, 9.17) is 0 Å². The smallest absolute Gasteiger partial charge is 0.142 e. The molecule has 1 N–H and O–H groups in total. The molecule has 0 amide bonds. The number of fused-ring (bicyclic) bond motifs is 1. The minimum Gasteiger partial charge on any atom is -0.356 e. The molecule has 5 nitrogen and oxygen atoms in total. The molecule has 136 valence electrons. The quantitative estimate of drug-likeness (QED) is 0.819. The first-order valence-electron chi connectivity index (χ1n) is 9.59. The molecular weight excluding hydrogens is 330 g/mol. The number of H-pyrrole nitrogens is 1. The van der Waals surface area contributed by atoms with Gasteiger partial charge in [0.15, 0.2) is 0 Å². The van der Waals surface area contributed by atoms with Crippen LogP contribution in [-0.2, 0) is 0 Å². The van der Waals surface area contributed by atoms with Crippen LogP contribution in [0.15, 0.2) is 18.6 Å². The molecule has 2 aromatic rings. The summed E-state index contributed by atoms with van der Waals surface area (Å²) < 4.78 is 2.59. The SMILES string of the molecule is C[C@H]1CCN(SCC2CCC(N(C)c3ncnc4[nH]ccc34)CC2)C1. The molecule has 1 atom stereocenters. The molecule has 3 heterocycles. The van der Waals surface area contributed by atoms with Crippen LogP contribution in [-0.4, -0.2) is 51.2 Å². The highest BCUT2D eigenvalue weighted by Crippen LogP contribution is 2.34. The van der Waals surface area contributed by atoms with Crippen LogP contribution in [0.4, 0.5) is 5.82 Å². The van der Waals surface area contributed by atoms with Crippen LogP contribution < -0.4 is 4.90 Å². The Kier molecular flexibility index (Phi) is 5.17. The van der Waals surface area contributed by atoms with Gasteiger partial charge in [0.25, 0.3) is 0 Å². The number of nitrogens with one attached hydrogen (secondary N) is 1. The normalized spacial score (nSPS) is 27.8. The first-order chi connectivity index (χ1) is 12.2. The summed E-state index contributed by atoms with van der Waals surface area (Å²) in [6.45, 7) is 4.93. The second kappa shape index (κ2) is 7.54. The summed E-state index contributed by atoms with van der Waals surface area (Å²) in [7, 11) is 2.19. The maximum Gasteiger partial charge on any atom is 0.142 e. The lowest BCUT2D eigenvalue weighted by Crippen LogP contribution is -2.36. The fraction of sp³-hybridized carbons (Fsp3) is 0.684. The van der Waals surface area contributed by atoms with Gasteiger partial charge in [-0.2, -0.15) is 0 Å². The molecule has 0 spiro atoms. The van der Waals surface area contributed by atoms with Crippen molar-refractivity contribution < 1.29 is 0 Å². The molecule has 1 aliphatic carbocycles. The summed E-state index contributed by atoms with van der Waals surface area (Å²) >= 11 is 2.10. The Morgan fingerprint density at radius 2 is 2.08 bits per heavy atom. The Morgan fingerprint density at radius 1 is 1.24 bits per heavy atom. The molecule has 2 fully saturated rings. The first kappa shape index (κ1) is 17.2. The Labute approximate surface area is 154 Å². The lowest BCUT2D eigenvalue weighted by Gasteiger charge is -2.35. The van der Waals surface area contributed by atoms with Gasteiger partial charge in [-0.15, -0.1) is 0 Å². The molecule has 25 heavy (non-hydrogen) atoms. The van der Waals surface area contributed by atoms with Crippen molar-refractivity contribution in [2.45, 2.75) is 45.1 Å². The zero-order valence-electron chi connectivity index (χ0n) is 15.3. The summed E-state index contributed by atoms with van der Waals surface area (Å²) in [6.07, 6.45) is 10.2. The molecule has 0 radical (unpaired) electrons. The topological polar surface area (TPSA) is 48.1 Å². The van der Waals surface area contributed by atoms with Crippen LogP contribution in [0.5, 0.6) is 0 Å². The average Bonchev–Trinajstić information content (AvgIpc) is 3.28. The highest BCUT2D eigenvalue weighted by atomic mass is 32.2. The number of rotatable bonds is 5. The van der Waals surface area contributed by atoms with Gasteiger partial charge < -0.3 is 9.88 Å². The van der Waals surface area contributed by atoms with Crippen molar-refractivity contribution >= 4 is 28.8 Å². The van der Waals surface area contributed by atoms with E-state index in [2.05, 4.69) is 56.1 Å². The van der Waals surface area contributed by atoms with E-state index in [0.29, 0.717) is 6.04 Å². The first-order valence-corrected chi connectivity index (χ1v) is 10.5. The molecular formula is C19H29N5S. The van der Waals surface area contributed by atoms with Crippen molar-refractivity contribution in [2.24, 2.45) is 11.8 Å². The zero-order valence-corrected chi connectivity index (χ0v) is 16.1. The summed E-state index contributed by atoms with van der Waals surface area (Å²) in [6, 6.07) is 2.68. The molecule has 1 saturated heterocycles. The van der Waals surface area contributed by atoms with E-state index in [1.807, 2.05) is 6.20 Å². The third-order valence-corrected chi connectivity index (χ3v) is 7.23. The van der Waals surface area contributed by atoms with E-state index < -0.39 is 0 Å². The maximum atomic E-state index is 4.55. The predicted octanol–water partition coefficient (Wildman–Crippen LogP) is 3.94. The van der Waals surface area contributed by atoms with Crippen LogP contribution in [0.2, 0.25) is 0 Å². The van der Waals surface area contributed by atoms with Crippen molar-refractivity contribution in [1.82, 2.24) is 19.3 Å². The summed E-state index contributed by atoms with van der Waals surface area (Å²) in [5.41, 5.74) is 0.932. The van der Waals surface area contributed by atoms with Gasteiger partial charge >= 0.3 is 0 Å². The minimum atomic E-state index is 0.598. The van der Waals surface area contributed by atoms with Gasteiger partial charge in [0.1, 0.15) is 17.8 Å². The molecule has 2 aliphatic rings. The molecule has 2 aromatic heterocycles. The number of anilines is 1. The largest absolute Gasteiger partial charge is 0.356 e. The summed E-state index contributed by atoms with van der Waals surface area (Å²) in [4.78, 5) is 14.4. The Hall–Kier alpha value is -1.27. The Balaban J connectivity index is 1.30. The van der Waals surface area contributed by atoms with Crippen molar-refractivity contribution in [3.05, 3.63) is 18.6 Å². The van der Waals surface area contributed by atoms with E-state index in [1.54, 1.807) is 6.33 Å². The molecule has 4 rings (SSSR count). The second-order valence-corrected chi connectivity index (χ2v) is 8.91. The van der Waals surface area contributed by atoms with E-state index in [-0.39, 0.29) is 0 Å². The van der Waals surface area contributed by atoms with E-state index >= 15 is 0 Å². The molecule has 0 unspecified atom stereocenters. The lowest BCUT2D eigenvalue weighted by atomic mass is 9.86. The monoisotopic (exact) mass is 359 g/mol. The zero-order chi connectivity index (χ0) is 17.2. The van der Waals surface area contributed by atoms with Gasteiger partial charge in [0, 0.05) is 38.1 Å². The minimum absolute atomic E-state index is 0.598. The maximum absolute atomic E-state index is 4.55. The van der Waals surface area contributed by atoms with Gasteiger partial charge in [-0.1, -0.05) is 18.9 Å². The number of nitrogens with zero attached hydrogens (tertiary/aromatic N) is 4. The molecule has 0 bridgehead atoms. The molecule has 1 saturated carbocycles.